The Balaban J connectivity index is 1.90. The number of para-hydroxylation sites is 1. The van der Waals surface area contributed by atoms with E-state index in [0.717, 1.165) is 11.3 Å². The van der Waals surface area contributed by atoms with Crippen molar-refractivity contribution in [2.75, 3.05) is 18.6 Å². The van der Waals surface area contributed by atoms with Gasteiger partial charge in [-0.05, 0) is 55.0 Å². The monoisotopic (exact) mass is 354 g/mol. The number of methoxy groups -OCH3 is 1. The van der Waals surface area contributed by atoms with E-state index in [1.165, 1.54) is 4.90 Å². The molecule has 0 saturated carbocycles. The summed E-state index contributed by atoms with van der Waals surface area (Å²) in [4.78, 5) is 14.2. The van der Waals surface area contributed by atoms with Gasteiger partial charge in [-0.15, -0.1) is 0 Å². The number of rotatable bonds is 5. The van der Waals surface area contributed by atoms with Gasteiger partial charge in [-0.25, -0.2) is 0 Å². The van der Waals surface area contributed by atoms with E-state index in [9.17, 15) is 4.79 Å². The summed E-state index contributed by atoms with van der Waals surface area (Å²) in [5, 5.41) is 3.34. The van der Waals surface area contributed by atoms with Crippen molar-refractivity contribution in [3.63, 3.8) is 0 Å². The van der Waals surface area contributed by atoms with Gasteiger partial charge >= 0.3 is 0 Å². The van der Waals surface area contributed by atoms with Crippen LogP contribution >= 0.6 is 12.2 Å². The predicted octanol–water partition coefficient (Wildman–Crippen LogP) is 3.36. The summed E-state index contributed by atoms with van der Waals surface area (Å²) < 4.78 is 10.9. The molecule has 0 unspecified atom stereocenters. The van der Waals surface area contributed by atoms with Crippen molar-refractivity contribution in [3.8, 4) is 11.5 Å². The molecule has 0 aromatic heterocycles. The molecule has 3 rings (SSSR count). The molecule has 2 aromatic carbocycles. The van der Waals surface area contributed by atoms with Crippen molar-refractivity contribution in [1.82, 2.24) is 5.32 Å². The Hall–Kier alpha value is -2.86. The smallest absolute Gasteiger partial charge is 0.281 e. The average Bonchev–Trinajstić information content (AvgIpc) is 2.90. The summed E-state index contributed by atoms with van der Waals surface area (Å²) in [6.07, 6.45) is 1.75. The van der Waals surface area contributed by atoms with Crippen molar-refractivity contribution < 1.29 is 14.3 Å². The quantitative estimate of drug-likeness (QED) is 0.659. The van der Waals surface area contributed by atoms with Gasteiger partial charge in [-0.1, -0.05) is 24.3 Å². The van der Waals surface area contributed by atoms with Crippen LogP contribution in [0.5, 0.6) is 11.5 Å². The first-order valence-corrected chi connectivity index (χ1v) is 8.28. The van der Waals surface area contributed by atoms with E-state index >= 15 is 0 Å². The highest BCUT2D eigenvalue weighted by atomic mass is 32.1. The Morgan fingerprint density at radius 2 is 1.92 bits per heavy atom. The average molecular weight is 354 g/mol. The number of carbonyl (C=O) groups excluding carboxylic acids is 1. The maximum Gasteiger partial charge on any atom is 0.281 e. The third-order valence-electron chi connectivity index (χ3n) is 3.69. The second kappa shape index (κ2) is 7.36. The molecule has 1 aliphatic rings. The van der Waals surface area contributed by atoms with Crippen LogP contribution in [0.2, 0.25) is 0 Å². The largest absolute Gasteiger partial charge is 0.493 e. The first-order chi connectivity index (χ1) is 12.1. The van der Waals surface area contributed by atoms with Gasteiger partial charge in [0.05, 0.1) is 19.4 Å². The Bertz CT molecular complexity index is 834. The van der Waals surface area contributed by atoms with Crippen molar-refractivity contribution in [1.29, 1.82) is 0 Å². The van der Waals surface area contributed by atoms with E-state index in [-0.39, 0.29) is 5.91 Å². The van der Waals surface area contributed by atoms with Crippen LogP contribution in [0.4, 0.5) is 5.69 Å². The minimum Gasteiger partial charge on any atom is -0.493 e. The van der Waals surface area contributed by atoms with Crippen LogP contribution in [0.15, 0.2) is 54.2 Å². The Morgan fingerprint density at radius 3 is 2.60 bits per heavy atom. The molecular weight excluding hydrogens is 336 g/mol. The first kappa shape index (κ1) is 17.0. The molecule has 0 spiro atoms. The number of carbonyl (C=O) groups is 1. The van der Waals surface area contributed by atoms with E-state index in [1.807, 2.05) is 55.5 Å². The van der Waals surface area contributed by atoms with Crippen LogP contribution in [-0.2, 0) is 4.79 Å². The molecule has 1 fully saturated rings. The van der Waals surface area contributed by atoms with Crippen LogP contribution in [0.3, 0.4) is 0 Å². The highest BCUT2D eigenvalue weighted by Gasteiger charge is 2.31. The summed E-state index contributed by atoms with van der Waals surface area (Å²) >= 11 is 5.31. The fourth-order valence-electron chi connectivity index (χ4n) is 2.56. The lowest BCUT2D eigenvalue weighted by molar-refractivity contribution is -0.113. The minimum atomic E-state index is -0.191. The first-order valence-electron chi connectivity index (χ1n) is 7.87. The lowest BCUT2D eigenvalue weighted by atomic mass is 10.1. The number of ether oxygens (including phenoxy) is 2. The second-order valence-corrected chi connectivity index (χ2v) is 5.69. The maximum atomic E-state index is 12.7. The van der Waals surface area contributed by atoms with E-state index in [2.05, 4.69) is 5.32 Å². The molecule has 128 valence electrons. The van der Waals surface area contributed by atoms with Gasteiger partial charge in [0.25, 0.3) is 5.91 Å². The predicted molar refractivity (Wildman–Crippen MR) is 102 cm³/mol. The van der Waals surface area contributed by atoms with E-state index in [0.29, 0.717) is 28.9 Å². The third kappa shape index (κ3) is 3.49. The molecule has 1 amide bonds. The van der Waals surface area contributed by atoms with Crippen molar-refractivity contribution in [3.05, 3.63) is 59.8 Å². The fourth-order valence-corrected chi connectivity index (χ4v) is 2.86. The van der Waals surface area contributed by atoms with Gasteiger partial charge in [0.2, 0.25) is 0 Å². The summed E-state index contributed by atoms with van der Waals surface area (Å²) in [6.45, 7) is 2.46. The summed E-state index contributed by atoms with van der Waals surface area (Å²) in [7, 11) is 1.58. The van der Waals surface area contributed by atoms with E-state index < -0.39 is 0 Å². The molecule has 1 heterocycles. The summed E-state index contributed by atoms with van der Waals surface area (Å²) in [5.41, 5.74) is 1.96. The minimum absolute atomic E-state index is 0.191. The number of amides is 1. The highest BCUT2D eigenvalue weighted by molar-refractivity contribution is 7.80. The Kier molecular flexibility index (Phi) is 5.00. The van der Waals surface area contributed by atoms with Crippen LogP contribution in [0.1, 0.15) is 12.5 Å². The van der Waals surface area contributed by atoms with E-state index in [1.54, 1.807) is 13.2 Å². The second-order valence-electron chi connectivity index (χ2n) is 5.31. The number of hydrogen-bond donors (Lipinski definition) is 1. The summed E-state index contributed by atoms with van der Waals surface area (Å²) in [5.74, 6) is 1.09. The molecule has 0 bridgehead atoms. The van der Waals surface area contributed by atoms with Crippen LogP contribution < -0.4 is 19.7 Å². The third-order valence-corrected chi connectivity index (χ3v) is 3.98. The molecule has 5 nitrogen and oxygen atoms in total. The van der Waals surface area contributed by atoms with Crippen molar-refractivity contribution in [2.45, 2.75) is 6.92 Å². The molecule has 1 aliphatic heterocycles. The fraction of sp³-hybridized carbons (Fsp3) is 0.158. The van der Waals surface area contributed by atoms with Gasteiger partial charge < -0.3 is 14.8 Å². The van der Waals surface area contributed by atoms with Crippen molar-refractivity contribution in [2.24, 2.45) is 0 Å². The standard InChI is InChI=1S/C19H18N2O3S/c1-3-24-16-10-9-13(12-17(16)23-2)11-15-18(22)21(19(25)20-15)14-7-5-4-6-8-14/h4-12H,3H2,1-2H3,(H,20,25)/b15-11+. The molecule has 2 aromatic rings. The lowest BCUT2D eigenvalue weighted by Crippen LogP contribution is -2.30. The number of nitrogens with one attached hydrogen (secondary N) is 1. The number of nitrogens with zero attached hydrogens (tertiary/aromatic N) is 1. The molecule has 6 heteroatoms. The normalized spacial score (nSPS) is 15.4. The van der Waals surface area contributed by atoms with Crippen molar-refractivity contribution >= 4 is 35.0 Å². The highest BCUT2D eigenvalue weighted by Crippen LogP contribution is 2.29. The van der Waals surface area contributed by atoms with Gasteiger partial charge in [-0.2, -0.15) is 0 Å². The topological polar surface area (TPSA) is 50.8 Å². The zero-order valence-electron chi connectivity index (χ0n) is 14.0. The number of hydrogen-bond acceptors (Lipinski definition) is 4. The van der Waals surface area contributed by atoms with Gasteiger partial charge in [0, 0.05) is 0 Å². The lowest BCUT2D eigenvalue weighted by Gasteiger charge is -2.13. The molecule has 0 radical (unpaired) electrons. The van der Waals surface area contributed by atoms with Gasteiger partial charge in [0.1, 0.15) is 5.70 Å². The SMILES string of the molecule is CCOc1ccc(/C=C2/NC(=S)N(c3ccccc3)C2=O)cc1OC. The van der Waals surface area contributed by atoms with Crippen LogP contribution in [-0.4, -0.2) is 24.7 Å². The molecule has 0 aliphatic carbocycles. The van der Waals surface area contributed by atoms with Gasteiger partial charge in [0.15, 0.2) is 16.6 Å². The van der Waals surface area contributed by atoms with Crippen LogP contribution in [0, 0.1) is 0 Å². The molecule has 0 atom stereocenters. The van der Waals surface area contributed by atoms with Gasteiger partial charge in [-0.3, -0.25) is 9.69 Å². The van der Waals surface area contributed by atoms with E-state index in [4.69, 9.17) is 21.7 Å². The number of anilines is 1. The number of thiocarbonyl (C=S) groups is 1. The Labute approximate surface area is 151 Å². The zero-order chi connectivity index (χ0) is 17.8. The molecule has 1 N–H and O–H groups in total. The summed E-state index contributed by atoms with van der Waals surface area (Å²) in [6, 6.07) is 14.8. The molecule has 25 heavy (non-hydrogen) atoms. The Morgan fingerprint density at radius 1 is 1.16 bits per heavy atom. The maximum absolute atomic E-state index is 12.7. The zero-order valence-corrected chi connectivity index (χ0v) is 14.8. The molecule has 1 saturated heterocycles. The molecular formula is C19H18N2O3S. The van der Waals surface area contributed by atoms with Crippen LogP contribution in [0.25, 0.3) is 6.08 Å². The number of benzene rings is 2.